The Bertz CT molecular complexity index is 952. The highest BCUT2D eigenvalue weighted by molar-refractivity contribution is 6.46. The van der Waals surface area contributed by atoms with Crippen LogP contribution < -0.4 is 0 Å². The summed E-state index contributed by atoms with van der Waals surface area (Å²) in [5, 5.41) is 22.0. The van der Waals surface area contributed by atoms with Crippen LogP contribution in [-0.4, -0.2) is 33.2 Å². The summed E-state index contributed by atoms with van der Waals surface area (Å²) in [6, 6.07) is 13.4. The number of aliphatic hydroxyl groups excluding tert-OH is 1. The number of ketones is 1. The second kappa shape index (κ2) is 8.04. The fraction of sp³-hybridized carbons (Fsp3) is 0.238. The molecule has 1 aliphatic rings. The van der Waals surface area contributed by atoms with Crippen molar-refractivity contribution in [3.8, 4) is 0 Å². The maximum Gasteiger partial charge on any atom is 0.295 e. The van der Waals surface area contributed by atoms with Crippen molar-refractivity contribution >= 4 is 23.1 Å². The predicted octanol–water partition coefficient (Wildman–Crippen LogP) is 3.82. The van der Waals surface area contributed by atoms with Gasteiger partial charge in [-0.15, -0.1) is 0 Å². The molecule has 2 aromatic rings. The number of aliphatic hydroxyl groups is 1. The van der Waals surface area contributed by atoms with Crippen molar-refractivity contribution in [1.29, 1.82) is 0 Å². The fourth-order valence-corrected chi connectivity index (χ4v) is 3.35. The topological polar surface area (TPSA) is 101 Å². The van der Waals surface area contributed by atoms with Crippen LogP contribution in [0.3, 0.4) is 0 Å². The van der Waals surface area contributed by atoms with Gasteiger partial charge in [-0.1, -0.05) is 55.8 Å². The van der Waals surface area contributed by atoms with Crippen LogP contribution in [0.25, 0.3) is 5.76 Å². The summed E-state index contributed by atoms with van der Waals surface area (Å²) in [5.74, 6) is -1.77. The van der Waals surface area contributed by atoms with Crippen molar-refractivity contribution < 1.29 is 19.6 Å². The molecule has 7 heteroatoms. The number of hydrogen-bond acceptors (Lipinski definition) is 5. The van der Waals surface area contributed by atoms with E-state index in [1.807, 2.05) is 6.92 Å². The summed E-state index contributed by atoms with van der Waals surface area (Å²) in [7, 11) is 0. The number of benzene rings is 2. The lowest BCUT2D eigenvalue weighted by Gasteiger charge is -2.25. The molecule has 1 aliphatic heterocycles. The van der Waals surface area contributed by atoms with E-state index < -0.39 is 22.7 Å². The molecule has 0 aromatic heterocycles. The van der Waals surface area contributed by atoms with E-state index in [9.17, 15) is 24.8 Å². The monoisotopic (exact) mass is 380 g/mol. The Labute approximate surface area is 162 Å². The average molecular weight is 380 g/mol. The van der Waals surface area contributed by atoms with Gasteiger partial charge in [0.15, 0.2) is 0 Å². The first-order valence-electron chi connectivity index (χ1n) is 9.04. The molecule has 144 valence electrons. The van der Waals surface area contributed by atoms with Gasteiger partial charge in [-0.25, -0.2) is 0 Å². The second-order valence-electron chi connectivity index (χ2n) is 6.56. The molecule has 28 heavy (non-hydrogen) atoms. The van der Waals surface area contributed by atoms with Crippen LogP contribution in [0.5, 0.6) is 0 Å². The number of unbranched alkanes of at least 4 members (excludes halogenated alkanes) is 1. The number of rotatable bonds is 6. The third-order valence-corrected chi connectivity index (χ3v) is 4.74. The quantitative estimate of drug-likeness (QED) is 0.270. The lowest BCUT2D eigenvalue weighted by Crippen LogP contribution is -2.30. The van der Waals surface area contributed by atoms with E-state index in [1.165, 1.54) is 23.1 Å². The first kappa shape index (κ1) is 19.3. The number of nitro benzene ring substituents is 1. The number of nitro groups is 1. The van der Waals surface area contributed by atoms with Gasteiger partial charge in [0, 0.05) is 24.2 Å². The maximum atomic E-state index is 12.8. The van der Waals surface area contributed by atoms with E-state index >= 15 is 0 Å². The summed E-state index contributed by atoms with van der Waals surface area (Å²) in [6.45, 7) is 2.28. The standard InChI is InChI=1S/C21H20N2O5/c1-2-3-12-22-18(15-10-7-11-16(13-15)23(27)28)17(20(25)21(22)26)19(24)14-8-5-4-6-9-14/h4-11,13,18,24H,2-3,12H2,1H3/t18-/m0/s1. The summed E-state index contributed by atoms with van der Waals surface area (Å²) in [6.07, 6.45) is 1.48. The minimum atomic E-state index is -0.869. The Hall–Kier alpha value is -3.48. The average Bonchev–Trinajstić information content (AvgIpc) is 2.97. The van der Waals surface area contributed by atoms with E-state index in [2.05, 4.69) is 0 Å². The molecule has 0 bridgehead atoms. The van der Waals surface area contributed by atoms with Gasteiger partial charge in [-0.2, -0.15) is 0 Å². The number of hydrogen-bond donors (Lipinski definition) is 1. The molecular weight excluding hydrogens is 360 g/mol. The van der Waals surface area contributed by atoms with Gasteiger partial charge in [0.05, 0.1) is 16.5 Å². The van der Waals surface area contributed by atoms with Crippen molar-refractivity contribution in [3.05, 3.63) is 81.4 Å². The Balaban J connectivity index is 2.18. The minimum Gasteiger partial charge on any atom is -0.507 e. The highest BCUT2D eigenvalue weighted by Crippen LogP contribution is 2.40. The van der Waals surface area contributed by atoms with Crippen LogP contribution >= 0.6 is 0 Å². The number of Topliss-reactive ketones (excluding diaryl/α,β-unsaturated/α-hetero) is 1. The van der Waals surface area contributed by atoms with Crippen LogP contribution in [0.1, 0.15) is 36.9 Å². The van der Waals surface area contributed by atoms with Gasteiger partial charge in [0.2, 0.25) is 0 Å². The molecule has 1 amide bonds. The SMILES string of the molecule is CCCCN1C(=O)C(=O)C(=C(O)c2ccccc2)[C@@H]1c1cccc([N+](=O)[O-])c1. The molecular formula is C21H20N2O5. The summed E-state index contributed by atoms with van der Waals surface area (Å²) in [5.41, 5.74) is 0.638. The maximum absolute atomic E-state index is 12.8. The highest BCUT2D eigenvalue weighted by atomic mass is 16.6. The van der Waals surface area contributed by atoms with Crippen LogP contribution in [0.4, 0.5) is 5.69 Å². The minimum absolute atomic E-state index is 0.0483. The van der Waals surface area contributed by atoms with E-state index in [4.69, 9.17) is 0 Å². The number of nitrogens with zero attached hydrogens (tertiary/aromatic N) is 2. The Morgan fingerprint density at radius 2 is 1.86 bits per heavy atom. The number of non-ortho nitro benzene ring substituents is 1. The lowest BCUT2D eigenvalue weighted by atomic mass is 9.95. The molecule has 0 spiro atoms. The van der Waals surface area contributed by atoms with Crippen molar-refractivity contribution in [1.82, 2.24) is 4.90 Å². The zero-order chi connectivity index (χ0) is 20.3. The van der Waals surface area contributed by atoms with Gasteiger partial charge in [-0.05, 0) is 12.0 Å². The third kappa shape index (κ3) is 3.51. The normalized spacial score (nSPS) is 18.5. The molecule has 1 heterocycles. The van der Waals surface area contributed by atoms with E-state index in [-0.39, 0.29) is 17.0 Å². The lowest BCUT2D eigenvalue weighted by molar-refractivity contribution is -0.384. The van der Waals surface area contributed by atoms with E-state index in [0.717, 1.165) is 6.42 Å². The third-order valence-electron chi connectivity index (χ3n) is 4.74. The smallest absolute Gasteiger partial charge is 0.295 e. The molecule has 0 unspecified atom stereocenters. The number of carbonyl (C=O) groups excluding carboxylic acids is 2. The second-order valence-corrected chi connectivity index (χ2v) is 6.56. The zero-order valence-corrected chi connectivity index (χ0v) is 15.4. The number of likely N-dealkylation sites (tertiary alicyclic amines) is 1. The van der Waals surface area contributed by atoms with Crippen molar-refractivity contribution in [2.24, 2.45) is 0 Å². The number of amides is 1. The zero-order valence-electron chi connectivity index (χ0n) is 15.4. The molecule has 3 rings (SSSR count). The molecule has 1 saturated heterocycles. The molecule has 1 atom stereocenters. The molecule has 0 saturated carbocycles. The summed E-state index contributed by atoms with van der Waals surface area (Å²) in [4.78, 5) is 37.5. The molecule has 1 fully saturated rings. The van der Waals surface area contributed by atoms with Crippen LogP contribution in [0.15, 0.2) is 60.2 Å². The Morgan fingerprint density at radius 3 is 2.50 bits per heavy atom. The first-order chi connectivity index (χ1) is 13.5. The Kier molecular flexibility index (Phi) is 5.54. The van der Waals surface area contributed by atoms with Crippen LogP contribution in [0, 0.1) is 10.1 Å². The Morgan fingerprint density at radius 1 is 1.14 bits per heavy atom. The fourth-order valence-electron chi connectivity index (χ4n) is 3.35. The van der Waals surface area contributed by atoms with Crippen LogP contribution in [0.2, 0.25) is 0 Å². The van der Waals surface area contributed by atoms with Gasteiger partial charge >= 0.3 is 0 Å². The van der Waals surface area contributed by atoms with Gasteiger partial charge < -0.3 is 10.0 Å². The molecule has 2 aromatic carbocycles. The van der Waals surface area contributed by atoms with Crippen LogP contribution in [-0.2, 0) is 9.59 Å². The largest absolute Gasteiger partial charge is 0.507 e. The van der Waals surface area contributed by atoms with Crippen molar-refractivity contribution in [3.63, 3.8) is 0 Å². The predicted molar refractivity (Wildman–Crippen MR) is 103 cm³/mol. The van der Waals surface area contributed by atoms with E-state index in [0.29, 0.717) is 24.1 Å². The van der Waals surface area contributed by atoms with Gasteiger partial charge in [-0.3, -0.25) is 19.7 Å². The number of carbonyl (C=O) groups is 2. The molecule has 1 N–H and O–H groups in total. The first-order valence-corrected chi connectivity index (χ1v) is 9.04. The summed E-state index contributed by atoms with van der Waals surface area (Å²) >= 11 is 0. The summed E-state index contributed by atoms with van der Waals surface area (Å²) < 4.78 is 0. The highest BCUT2D eigenvalue weighted by Gasteiger charge is 2.46. The molecule has 7 nitrogen and oxygen atoms in total. The van der Waals surface area contributed by atoms with Gasteiger partial charge in [0.25, 0.3) is 17.4 Å². The van der Waals surface area contributed by atoms with Crippen molar-refractivity contribution in [2.45, 2.75) is 25.8 Å². The molecule has 0 aliphatic carbocycles. The van der Waals surface area contributed by atoms with E-state index in [1.54, 1.807) is 36.4 Å². The van der Waals surface area contributed by atoms with Gasteiger partial charge in [0.1, 0.15) is 5.76 Å². The molecule has 0 radical (unpaired) electrons. The van der Waals surface area contributed by atoms with Crippen molar-refractivity contribution in [2.75, 3.05) is 6.54 Å².